The third-order valence-electron chi connectivity index (χ3n) is 2.89. The van der Waals surface area contributed by atoms with Gasteiger partial charge in [0.15, 0.2) is 5.43 Å². The number of carbonyl (C=O) groups excluding carboxylic acids is 1. The molecule has 5 nitrogen and oxygen atoms in total. The molecule has 1 heterocycles. The second-order valence-electron chi connectivity index (χ2n) is 5.11. The smallest absolute Gasteiger partial charge is 0.259 e. The van der Waals surface area contributed by atoms with Crippen molar-refractivity contribution in [2.24, 2.45) is 11.1 Å². The number of amides is 1. The number of aromatic nitrogens is 1. The van der Waals surface area contributed by atoms with E-state index >= 15 is 0 Å². The van der Waals surface area contributed by atoms with E-state index < -0.39 is 0 Å². The highest BCUT2D eigenvalue weighted by atomic mass is 16.2. The van der Waals surface area contributed by atoms with Crippen molar-refractivity contribution in [1.82, 2.24) is 9.88 Å². The lowest BCUT2D eigenvalue weighted by atomic mass is 9.93. The van der Waals surface area contributed by atoms with E-state index in [1.807, 2.05) is 20.8 Å². The number of aromatic amines is 1. The summed E-state index contributed by atoms with van der Waals surface area (Å²) in [5, 5.41) is 0. The summed E-state index contributed by atoms with van der Waals surface area (Å²) in [6.07, 6.45) is 2.96. The highest BCUT2D eigenvalue weighted by molar-refractivity contribution is 5.93. The first-order chi connectivity index (χ1) is 8.41. The first kappa shape index (κ1) is 14.4. The van der Waals surface area contributed by atoms with Gasteiger partial charge in [-0.25, -0.2) is 0 Å². The molecule has 0 saturated heterocycles. The number of pyridine rings is 1. The zero-order chi connectivity index (χ0) is 13.8. The Bertz CT molecular complexity index is 465. The van der Waals surface area contributed by atoms with Gasteiger partial charge < -0.3 is 15.6 Å². The maximum Gasteiger partial charge on any atom is 0.259 e. The summed E-state index contributed by atoms with van der Waals surface area (Å²) in [4.78, 5) is 28.3. The molecule has 0 aliphatic heterocycles. The van der Waals surface area contributed by atoms with E-state index in [-0.39, 0.29) is 22.3 Å². The minimum absolute atomic E-state index is 0.160. The van der Waals surface area contributed by atoms with Crippen LogP contribution >= 0.6 is 0 Å². The number of nitrogens with one attached hydrogen (secondary N) is 1. The average molecular weight is 251 g/mol. The van der Waals surface area contributed by atoms with E-state index in [4.69, 9.17) is 5.73 Å². The van der Waals surface area contributed by atoms with Gasteiger partial charge in [-0.15, -0.1) is 0 Å². The Morgan fingerprint density at radius 3 is 2.67 bits per heavy atom. The number of hydrogen-bond donors (Lipinski definition) is 2. The minimum Gasteiger partial charge on any atom is -0.367 e. The van der Waals surface area contributed by atoms with Crippen molar-refractivity contribution in [2.45, 2.75) is 20.8 Å². The lowest BCUT2D eigenvalue weighted by Gasteiger charge is -2.31. The maximum atomic E-state index is 12.3. The Morgan fingerprint density at radius 2 is 2.17 bits per heavy atom. The Kier molecular flexibility index (Phi) is 4.67. The molecule has 0 saturated carbocycles. The van der Waals surface area contributed by atoms with Crippen LogP contribution in [0.5, 0.6) is 0 Å². The molecule has 0 aromatic carbocycles. The summed E-state index contributed by atoms with van der Waals surface area (Å²) in [7, 11) is 0. The van der Waals surface area contributed by atoms with Gasteiger partial charge in [-0.1, -0.05) is 13.8 Å². The monoisotopic (exact) mass is 251 g/mol. The van der Waals surface area contributed by atoms with Gasteiger partial charge in [0, 0.05) is 31.5 Å². The number of H-pyrrole nitrogens is 1. The molecule has 0 fully saturated rings. The van der Waals surface area contributed by atoms with Gasteiger partial charge in [0.1, 0.15) is 5.56 Å². The van der Waals surface area contributed by atoms with Crippen LogP contribution in [0, 0.1) is 5.41 Å². The molecule has 3 N–H and O–H groups in total. The Hall–Kier alpha value is -1.62. The van der Waals surface area contributed by atoms with Crippen LogP contribution in [0.2, 0.25) is 0 Å². The summed E-state index contributed by atoms with van der Waals surface area (Å²) in [5.74, 6) is -0.249. The predicted octanol–water partition coefficient (Wildman–Crippen LogP) is 0.822. The fourth-order valence-corrected chi connectivity index (χ4v) is 1.66. The number of nitrogens with two attached hydrogens (primary N) is 1. The van der Waals surface area contributed by atoms with Crippen molar-refractivity contribution in [3.05, 3.63) is 34.2 Å². The maximum absolute atomic E-state index is 12.3. The fourth-order valence-electron chi connectivity index (χ4n) is 1.66. The third-order valence-corrected chi connectivity index (χ3v) is 2.89. The third kappa shape index (κ3) is 3.43. The molecule has 0 atom stereocenters. The van der Waals surface area contributed by atoms with Gasteiger partial charge in [0.25, 0.3) is 5.91 Å². The van der Waals surface area contributed by atoms with Crippen LogP contribution in [0.4, 0.5) is 0 Å². The molecule has 1 aromatic heterocycles. The molecule has 1 aromatic rings. The first-order valence-corrected chi connectivity index (χ1v) is 6.07. The Labute approximate surface area is 107 Å². The molecule has 0 bridgehead atoms. The quantitative estimate of drug-likeness (QED) is 0.813. The number of hydrogen-bond acceptors (Lipinski definition) is 3. The predicted molar refractivity (Wildman–Crippen MR) is 71.5 cm³/mol. The largest absolute Gasteiger partial charge is 0.367 e. The van der Waals surface area contributed by atoms with Crippen molar-refractivity contribution in [2.75, 3.05) is 19.6 Å². The van der Waals surface area contributed by atoms with E-state index in [1.54, 1.807) is 4.90 Å². The van der Waals surface area contributed by atoms with Crippen molar-refractivity contribution in [1.29, 1.82) is 0 Å². The molecule has 0 aliphatic rings. The van der Waals surface area contributed by atoms with Gasteiger partial charge in [-0.3, -0.25) is 9.59 Å². The standard InChI is InChI=1S/C13H21N3O2/c1-4-16(9-13(2,3)8-14)12(18)10-7-15-6-5-11(10)17/h5-7H,4,8-9,14H2,1-3H3,(H,15,17). The number of rotatable bonds is 5. The topological polar surface area (TPSA) is 79.2 Å². The van der Waals surface area contributed by atoms with E-state index in [0.717, 1.165) is 0 Å². The van der Waals surface area contributed by atoms with Crippen molar-refractivity contribution >= 4 is 5.91 Å². The molecule has 0 unspecified atom stereocenters. The molecule has 100 valence electrons. The van der Waals surface area contributed by atoms with Crippen molar-refractivity contribution in [3.8, 4) is 0 Å². The fraction of sp³-hybridized carbons (Fsp3) is 0.538. The van der Waals surface area contributed by atoms with Gasteiger partial charge >= 0.3 is 0 Å². The highest BCUT2D eigenvalue weighted by Crippen LogP contribution is 2.15. The van der Waals surface area contributed by atoms with Gasteiger partial charge in [0.05, 0.1) is 0 Å². The average Bonchev–Trinajstić information content (AvgIpc) is 2.36. The van der Waals surface area contributed by atoms with Crippen LogP contribution in [0.3, 0.4) is 0 Å². The van der Waals surface area contributed by atoms with Crippen LogP contribution in [0.1, 0.15) is 31.1 Å². The minimum atomic E-state index is -0.261. The van der Waals surface area contributed by atoms with Crippen molar-refractivity contribution < 1.29 is 4.79 Å². The van der Waals surface area contributed by atoms with E-state index in [1.165, 1.54) is 18.5 Å². The molecule has 1 rings (SSSR count). The molecule has 0 aliphatic carbocycles. The molecule has 18 heavy (non-hydrogen) atoms. The number of carbonyl (C=O) groups is 1. The highest BCUT2D eigenvalue weighted by Gasteiger charge is 2.24. The molecule has 5 heteroatoms. The Balaban J connectivity index is 2.94. The van der Waals surface area contributed by atoms with Crippen LogP contribution in [-0.2, 0) is 0 Å². The Morgan fingerprint density at radius 1 is 1.50 bits per heavy atom. The normalized spacial score (nSPS) is 11.3. The molecule has 0 spiro atoms. The van der Waals surface area contributed by atoms with Gasteiger partial charge in [0.2, 0.25) is 0 Å². The summed E-state index contributed by atoms with van der Waals surface area (Å²) >= 11 is 0. The van der Waals surface area contributed by atoms with Crippen LogP contribution in [0.25, 0.3) is 0 Å². The van der Waals surface area contributed by atoms with E-state index in [2.05, 4.69) is 4.98 Å². The summed E-state index contributed by atoms with van der Waals surface area (Å²) in [6, 6.07) is 1.36. The summed E-state index contributed by atoms with van der Waals surface area (Å²) < 4.78 is 0. The van der Waals surface area contributed by atoms with Gasteiger partial charge in [-0.05, 0) is 18.9 Å². The second kappa shape index (κ2) is 5.82. The number of nitrogens with zero attached hydrogens (tertiary/aromatic N) is 1. The summed E-state index contributed by atoms with van der Waals surface area (Å²) in [6.45, 7) is 7.46. The van der Waals surface area contributed by atoms with Crippen molar-refractivity contribution in [3.63, 3.8) is 0 Å². The zero-order valence-electron chi connectivity index (χ0n) is 11.2. The molecular weight excluding hydrogens is 230 g/mol. The molecule has 1 amide bonds. The lowest BCUT2D eigenvalue weighted by Crippen LogP contribution is -2.43. The first-order valence-electron chi connectivity index (χ1n) is 6.07. The van der Waals surface area contributed by atoms with Crippen LogP contribution in [-0.4, -0.2) is 35.4 Å². The summed E-state index contributed by atoms with van der Waals surface area (Å²) in [5.41, 5.74) is 5.42. The van der Waals surface area contributed by atoms with Gasteiger partial charge in [-0.2, -0.15) is 0 Å². The van der Waals surface area contributed by atoms with E-state index in [0.29, 0.717) is 19.6 Å². The zero-order valence-corrected chi connectivity index (χ0v) is 11.2. The van der Waals surface area contributed by atoms with E-state index in [9.17, 15) is 9.59 Å². The SMILES string of the molecule is CCN(CC(C)(C)CN)C(=O)c1c[nH]ccc1=O. The van der Waals surface area contributed by atoms with Crippen LogP contribution in [0.15, 0.2) is 23.3 Å². The van der Waals surface area contributed by atoms with Crippen LogP contribution < -0.4 is 11.2 Å². The lowest BCUT2D eigenvalue weighted by molar-refractivity contribution is 0.0699. The molecular formula is C13H21N3O2. The molecule has 0 radical (unpaired) electrons. The second-order valence-corrected chi connectivity index (χ2v) is 5.11.